The molecule has 1 atom stereocenters. The van der Waals surface area contributed by atoms with Gasteiger partial charge in [-0.05, 0) is 0 Å². The van der Waals surface area contributed by atoms with Crippen LogP contribution in [0, 0.1) is 0 Å². The Bertz CT molecular complexity index is 151. The quantitative estimate of drug-likeness (QED) is 0.708. The molecule has 0 aromatic rings. The smallest absolute Gasteiger partial charge is 0.205 e. The zero-order valence-electron chi connectivity index (χ0n) is 5.82. The van der Waals surface area contributed by atoms with E-state index in [0.717, 1.165) is 0 Å². The molecule has 0 aromatic heterocycles. The first-order valence-corrected chi connectivity index (χ1v) is 4.54. The van der Waals surface area contributed by atoms with Crippen molar-refractivity contribution < 1.29 is 31.6 Å². The predicted molar refractivity (Wildman–Crippen MR) is 33.0 cm³/mol. The molecular weight excluding hydrogens is 200 g/mol. The van der Waals surface area contributed by atoms with Gasteiger partial charge in [-0.3, -0.25) is 0 Å². The van der Waals surface area contributed by atoms with Crippen LogP contribution in [0.15, 0.2) is 0 Å². The number of alkyl halides is 3. The minimum Gasteiger partial charge on any atom is -0.205 e. The molecule has 1 aliphatic heterocycles. The normalized spacial score (nSPS) is 24.8. The first-order valence-electron chi connectivity index (χ1n) is 3.05. The molecule has 1 unspecified atom stereocenters. The van der Waals surface area contributed by atoms with E-state index in [2.05, 4.69) is 13.6 Å². The molecule has 0 bridgehead atoms. The van der Waals surface area contributed by atoms with Gasteiger partial charge in [-0.1, -0.05) is 0 Å². The fraction of sp³-hybridized carbons (Fsp3) is 1.00. The van der Waals surface area contributed by atoms with Crippen LogP contribution in [0.4, 0.5) is 13.2 Å². The highest BCUT2D eigenvalue weighted by atomic mass is 31.2. The van der Waals surface area contributed by atoms with Gasteiger partial charge in [-0.25, -0.2) is 13.2 Å². The second-order valence-corrected chi connectivity index (χ2v) is 3.59. The highest BCUT2D eigenvalue weighted by Gasteiger charge is 2.53. The van der Waals surface area contributed by atoms with Crippen LogP contribution in [-0.4, -0.2) is 30.9 Å². The first-order chi connectivity index (χ1) is 5.53. The van der Waals surface area contributed by atoms with Crippen molar-refractivity contribution in [1.82, 2.24) is 0 Å². The number of hydrogen-bond donors (Lipinski definition) is 1. The minimum atomic E-state index is -3.79. The highest BCUT2D eigenvalue weighted by molar-refractivity contribution is 7.55. The molecule has 1 fully saturated rings. The van der Waals surface area contributed by atoms with E-state index in [0.29, 0.717) is 0 Å². The van der Waals surface area contributed by atoms with Gasteiger partial charge in [-0.2, -0.15) is 13.9 Å². The summed E-state index contributed by atoms with van der Waals surface area (Å²) in [6, 6.07) is 0. The maximum Gasteiger partial charge on any atom is 0.575 e. The zero-order chi connectivity index (χ0) is 9.19. The predicted octanol–water partition coefficient (Wildman–Crippen LogP) is 1.28. The summed E-state index contributed by atoms with van der Waals surface area (Å²) in [5.41, 5.74) is 0. The fourth-order valence-corrected chi connectivity index (χ4v) is 1.73. The van der Waals surface area contributed by atoms with Crippen molar-refractivity contribution in [2.24, 2.45) is 0 Å². The molecule has 12 heavy (non-hydrogen) atoms. The Balaban J connectivity index is 2.38. The molecule has 0 aromatic carbocycles. The van der Waals surface area contributed by atoms with Crippen LogP contribution < -0.4 is 0 Å². The van der Waals surface area contributed by atoms with Crippen LogP contribution in [0.5, 0.6) is 0 Å². The highest BCUT2D eigenvalue weighted by Crippen LogP contribution is 2.62. The van der Waals surface area contributed by atoms with E-state index in [9.17, 15) is 13.2 Å². The molecule has 0 amide bonds. The molecule has 4 nitrogen and oxygen atoms in total. The molecule has 0 aliphatic carbocycles. The summed E-state index contributed by atoms with van der Waals surface area (Å²) >= 11 is 0. The lowest BCUT2D eigenvalue weighted by Crippen LogP contribution is -2.17. The summed E-state index contributed by atoms with van der Waals surface area (Å²) in [5.74, 6) is 0. The minimum absolute atomic E-state index is 0.0141. The van der Waals surface area contributed by atoms with Gasteiger partial charge in [0.25, 0.3) is 6.43 Å². The third-order valence-corrected chi connectivity index (χ3v) is 2.51. The van der Waals surface area contributed by atoms with Crippen molar-refractivity contribution in [2.45, 2.75) is 12.8 Å². The Morgan fingerprint density at radius 3 is 2.17 bits per heavy atom. The van der Waals surface area contributed by atoms with Crippen LogP contribution in [-0.2, 0) is 13.6 Å². The zero-order valence-corrected chi connectivity index (χ0v) is 6.72. The Morgan fingerprint density at radius 2 is 1.75 bits per heavy atom. The lowest BCUT2D eigenvalue weighted by molar-refractivity contribution is -0.0861. The first kappa shape index (κ1) is 10.1. The summed E-state index contributed by atoms with van der Waals surface area (Å²) in [4.78, 5) is 8.98. The molecule has 1 aliphatic rings. The van der Waals surface area contributed by atoms with Crippen LogP contribution in [0.1, 0.15) is 0 Å². The third-order valence-electron chi connectivity index (χ3n) is 1.02. The molecule has 0 saturated carbocycles. The number of halogens is 3. The standard InChI is InChI=1S/C4H7F3O4P/c5-3(6)4(7)11-12(8)9-1-2-10-12/h3-4,8H,1-2H2/q+1. The topological polar surface area (TPSA) is 47.9 Å². The molecular formula is C4H7F3O4P+. The second kappa shape index (κ2) is 3.85. The van der Waals surface area contributed by atoms with Crippen molar-refractivity contribution in [1.29, 1.82) is 0 Å². The van der Waals surface area contributed by atoms with Crippen LogP contribution in [0.3, 0.4) is 0 Å². The molecule has 0 radical (unpaired) electrons. The van der Waals surface area contributed by atoms with Gasteiger partial charge in [0.15, 0.2) is 0 Å². The van der Waals surface area contributed by atoms with Crippen LogP contribution in [0.25, 0.3) is 0 Å². The van der Waals surface area contributed by atoms with E-state index < -0.39 is 21.0 Å². The van der Waals surface area contributed by atoms with Crippen molar-refractivity contribution in [3.8, 4) is 0 Å². The van der Waals surface area contributed by atoms with Gasteiger partial charge in [0.1, 0.15) is 13.2 Å². The van der Waals surface area contributed by atoms with Gasteiger partial charge in [0.2, 0.25) is 0 Å². The fourth-order valence-electron chi connectivity index (χ4n) is 0.577. The summed E-state index contributed by atoms with van der Waals surface area (Å²) in [7, 11) is -3.79. The van der Waals surface area contributed by atoms with Gasteiger partial charge >= 0.3 is 14.5 Å². The maximum absolute atomic E-state index is 12.2. The Morgan fingerprint density at radius 1 is 1.25 bits per heavy atom. The van der Waals surface area contributed by atoms with E-state index in [1.165, 1.54) is 0 Å². The molecule has 1 N–H and O–H groups in total. The van der Waals surface area contributed by atoms with Gasteiger partial charge in [0.05, 0.1) is 0 Å². The van der Waals surface area contributed by atoms with E-state index in [4.69, 9.17) is 4.89 Å². The van der Waals surface area contributed by atoms with E-state index in [-0.39, 0.29) is 13.2 Å². The molecule has 72 valence electrons. The SMILES string of the molecule is O[P+]1(OC(F)C(F)F)OCCO1. The molecule has 1 heterocycles. The summed E-state index contributed by atoms with van der Waals surface area (Å²) in [5, 5.41) is 0. The summed E-state index contributed by atoms with van der Waals surface area (Å²) < 4.78 is 47.9. The van der Waals surface area contributed by atoms with E-state index in [1.807, 2.05) is 0 Å². The van der Waals surface area contributed by atoms with E-state index >= 15 is 0 Å². The lowest BCUT2D eigenvalue weighted by atomic mass is 10.7. The lowest BCUT2D eigenvalue weighted by Gasteiger charge is -2.09. The Kier molecular flexibility index (Phi) is 3.25. The average molecular weight is 207 g/mol. The Labute approximate surface area is 66.9 Å². The average Bonchev–Trinajstić information content (AvgIpc) is 2.35. The number of rotatable bonds is 3. The summed E-state index contributed by atoms with van der Waals surface area (Å²) in [6.07, 6.45) is -6.19. The molecule has 1 saturated heterocycles. The van der Waals surface area contributed by atoms with Gasteiger partial charge in [-0.15, -0.1) is 4.52 Å². The number of hydrogen-bond acceptors (Lipinski definition) is 4. The molecule has 8 heteroatoms. The largest absolute Gasteiger partial charge is 0.575 e. The van der Waals surface area contributed by atoms with Gasteiger partial charge < -0.3 is 0 Å². The maximum atomic E-state index is 12.2. The van der Waals surface area contributed by atoms with Crippen molar-refractivity contribution in [3.05, 3.63) is 0 Å². The third kappa shape index (κ3) is 2.53. The summed E-state index contributed by atoms with van der Waals surface area (Å²) in [6.45, 7) is 0.0282. The molecule has 0 spiro atoms. The van der Waals surface area contributed by atoms with Crippen LogP contribution >= 0.6 is 8.17 Å². The van der Waals surface area contributed by atoms with Crippen molar-refractivity contribution >= 4 is 8.17 Å². The second-order valence-electron chi connectivity index (χ2n) is 1.93. The van der Waals surface area contributed by atoms with Crippen molar-refractivity contribution in [2.75, 3.05) is 13.2 Å². The monoisotopic (exact) mass is 207 g/mol. The molecule has 1 rings (SSSR count). The van der Waals surface area contributed by atoms with Gasteiger partial charge in [0, 0.05) is 0 Å². The van der Waals surface area contributed by atoms with E-state index in [1.54, 1.807) is 0 Å². The Hall–Kier alpha value is 0.0600. The van der Waals surface area contributed by atoms with Crippen molar-refractivity contribution in [3.63, 3.8) is 0 Å². The van der Waals surface area contributed by atoms with Crippen LogP contribution in [0.2, 0.25) is 0 Å².